The summed E-state index contributed by atoms with van der Waals surface area (Å²) in [6.07, 6.45) is 0. The maximum Gasteiger partial charge on any atom is 0.164 e. The van der Waals surface area contributed by atoms with Crippen LogP contribution in [0.5, 0.6) is 0 Å². The molecule has 0 atom stereocenters. The van der Waals surface area contributed by atoms with Crippen LogP contribution in [0.1, 0.15) is 8.22 Å². The minimum absolute atomic E-state index is 0.00102. The molecule has 56 heavy (non-hydrogen) atoms. The highest BCUT2D eigenvalue weighted by Gasteiger charge is 2.18. The van der Waals surface area contributed by atoms with Crippen LogP contribution in [0.4, 0.5) is 0 Å². The van der Waals surface area contributed by atoms with Crippen LogP contribution < -0.4 is 0 Å². The minimum atomic E-state index is -0.364. The Labute approximate surface area is 330 Å². The van der Waals surface area contributed by atoms with Gasteiger partial charge < -0.3 is 8.83 Å². The standard InChI is InChI=1S/C51H31N3O2/c1-3-10-32(11-4-1)34-18-22-36(23-19-34)49-52-50(37-24-20-35(21-25-37)33-12-5-2-6-13-33)54-51(53-49)39-26-28-42-43-16-9-15-40(48(43)56-47(42)31-39)38-27-29-46-44(30-38)41-14-7-8-17-45(41)55-46/h1-31H/i9D,15D,16D,26D,28D,31D. The Morgan fingerprint density at radius 2 is 0.893 bits per heavy atom. The fraction of sp³-hybridized carbons (Fsp3) is 0. The van der Waals surface area contributed by atoms with Gasteiger partial charge in [-0.2, -0.15) is 0 Å². The zero-order chi connectivity index (χ0) is 42.2. The average molecular weight is 724 g/mol. The third kappa shape index (κ3) is 5.53. The quantitative estimate of drug-likeness (QED) is 0.171. The molecule has 0 bridgehead atoms. The summed E-state index contributed by atoms with van der Waals surface area (Å²) in [7, 11) is 0. The molecule has 0 saturated carbocycles. The SMILES string of the molecule is [2H]c1c([2H])c([2H])c2c(oc3c([2H])c(-c4nc(-c5ccc(-c6ccccc6)cc5)nc(-c5ccc(-c6ccccc6)cc5)n4)c([2H])c([2H])c32)c1-c1ccc2oc3ccccc3c2c1. The van der Waals surface area contributed by atoms with Gasteiger partial charge in [0.15, 0.2) is 17.5 Å². The molecule has 11 rings (SSSR count). The summed E-state index contributed by atoms with van der Waals surface area (Å²) in [5.41, 5.74) is 7.56. The molecule has 8 aromatic carbocycles. The average Bonchev–Trinajstić information content (AvgIpc) is 3.90. The van der Waals surface area contributed by atoms with Crippen molar-refractivity contribution in [2.45, 2.75) is 0 Å². The van der Waals surface area contributed by atoms with Crippen LogP contribution >= 0.6 is 0 Å². The van der Waals surface area contributed by atoms with Gasteiger partial charge in [0, 0.05) is 43.8 Å². The van der Waals surface area contributed by atoms with Gasteiger partial charge in [0.25, 0.3) is 0 Å². The van der Waals surface area contributed by atoms with Gasteiger partial charge in [-0.1, -0.05) is 158 Å². The van der Waals surface area contributed by atoms with Gasteiger partial charge in [0.05, 0.1) is 8.22 Å². The van der Waals surface area contributed by atoms with Crippen molar-refractivity contribution in [3.63, 3.8) is 0 Å². The Hall–Kier alpha value is -7.63. The van der Waals surface area contributed by atoms with E-state index in [0.29, 0.717) is 39.5 Å². The highest BCUT2D eigenvalue weighted by atomic mass is 16.3. The van der Waals surface area contributed by atoms with Gasteiger partial charge in [-0.15, -0.1) is 0 Å². The van der Waals surface area contributed by atoms with Crippen LogP contribution in [0.2, 0.25) is 0 Å². The van der Waals surface area contributed by atoms with Crippen molar-refractivity contribution in [1.29, 1.82) is 0 Å². The summed E-state index contributed by atoms with van der Waals surface area (Å²) in [4.78, 5) is 14.6. The van der Waals surface area contributed by atoms with Crippen molar-refractivity contribution in [3.05, 3.63) is 188 Å². The summed E-state index contributed by atoms with van der Waals surface area (Å²) in [5, 5.41) is 1.80. The molecule has 0 spiro atoms. The van der Waals surface area contributed by atoms with Crippen molar-refractivity contribution < 1.29 is 17.1 Å². The summed E-state index contributed by atoms with van der Waals surface area (Å²) in [6.45, 7) is 0. The molecule has 0 aliphatic heterocycles. The highest BCUT2D eigenvalue weighted by molar-refractivity contribution is 6.12. The van der Waals surface area contributed by atoms with Gasteiger partial charge in [-0.05, 0) is 58.1 Å². The van der Waals surface area contributed by atoms with E-state index >= 15 is 0 Å². The molecule has 0 saturated heterocycles. The first-order chi connectivity index (χ1) is 30.2. The molecular formula is C51H31N3O2. The van der Waals surface area contributed by atoms with Crippen LogP contribution in [0.3, 0.4) is 0 Å². The number of furan rings is 2. The van der Waals surface area contributed by atoms with Gasteiger partial charge in [-0.25, -0.2) is 15.0 Å². The maximum atomic E-state index is 9.61. The van der Waals surface area contributed by atoms with Crippen LogP contribution in [0.15, 0.2) is 197 Å². The van der Waals surface area contributed by atoms with E-state index in [0.717, 1.165) is 33.0 Å². The molecule has 11 aromatic rings. The second-order valence-corrected chi connectivity index (χ2v) is 13.5. The first-order valence-corrected chi connectivity index (χ1v) is 18.2. The van der Waals surface area contributed by atoms with Gasteiger partial charge in [0.2, 0.25) is 0 Å². The van der Waals surface area contributed by atoms with E-state index in [2.05, 4.69) is 0 Å². The van der Waals surface area contributed by atoms with E-state index in [4.69, 9.17) is 27.9 Å². The van der Waals surface area contributed by atoms with Crippen molar-refractivity contribution in [3.8, 4) is 67.5 Å². The van der Waals surface area contributed by atoms with Gasteiger partial charge >= 0.3 is 0 Å². The summed E-state index contributed by atoms with van der Waals surface area (Å²) in [6, 6.07) is 46.8. The molecule has 0 amide bonds. The predicted molar refractivity (Wildman–Crippen MR) is 227 cm³/mol. The molecule has 262 valence electrons. The third-order valence-electron chi connectivity index (χ3n) is 10.1. The molecule has 0 N–H and O–H groups in total. The number of para-hydroxylation sites is 2. The van der Waals surface area contributed by atoms with Crippen molar-refractivity contribution in [2.24, 2.45) is 0 Å². The lowest BCUT2D eigenvalue weighted by Crippen LogP contribution is -2.00. The Bertz CT molecular complexity index is 3470. The molecule has 0 aliphatic carbocycles. The molecule has 3 aromatic heterocycles. The largest absolute Gasteiger partial charge is 0.456 e. The summed E-state index contributed by atoms with van der Waals surface area (Å²) in [5.74, 6) is 0.617. The van der Waals surface area contributed by atoms with Crippen LogP contribution in [-0.2, 0) is 0 Å². The molecule has 5 heteroatoms. The zero-order valence-electron chi connectivity index (χ0n) is 35.6. The predicted octanol–water partition coefficient (Wildman–Crippen LogP) is 13.7. The number of nitrogens with zero attached hydrogens (tertiary/aromatic N) is 3. The minimum Gasteiger partial charge on any atom is -0.456 e. The lowest BCUT2D eigenvalue weighted by atomic mass is 10.00. The number of hydrogen-bond acceptors (Lipinski definition) is 5. The van der Waals surface area contributed by atoms with Gasteiger partial charge in [0.1, 0.15) is 22.3 Å². The molecule has 0 fully saturated rings. The van der Waals surface area contributed by atoms with E-state index in [1.807, 2.05) is 140 Å². The number of benzene rings is 8. The second-order valence-electron chi connectivity index (χ2n) is 13.5. The first kappa shape index (κ1) is 26.2. The van der Waals surface area contributed by atoms with Crippen molar-refractivity contribution in [1.82, 2.24) is 15.0 Å². The van der Waals surface area contributed by atoms with E-state index in [1.165, 1.54) is 0 Å². The first-order valence-electron chi connectivity index (χ1n) is 21.2. The topological polar surface area (TPSA) is 65.0 Å². The second kappa shape index (κ2) is 13.0. The number of rotatable bonds is 6. The van der Waals surface area contributed by atoms with E-state index < -0.39 is 0 Å². The molecule has 0 unspecified atom stereocenters. The maximum absolute atomic E-state index is 9.61. The van der Waals surface area contributed by atoms with Crippen LogP contribution in [0.25, 0.3) is 111 Å². The highest BCUT2D eigenvalue weighted by Crippen LogP contribution is 2.40. The van der Waals surface area contributed by atoms with E-state index in [9.17, 15) is 4.11 Å². The third-order valence-corrected chi connectivity index (χ3v) is 10.1. The van der Waals surface area contributed by atoms with Gasteiger partial charge in [-0.3, -0.25) is 0 Å². The smallest absolute Gasteiger partial charge is 0.164 e. The van der Waals surface area contributed by atoms with Crippen LogP contribution in [-0.4, -0.2) is 15.0 Å². The van der Waals surface area contributed by atoms with Crippen molar-refractivity contribution >= 4 is 43.9 Å². The fourth-order valence-corrected chi connectivity index (χ4v) is 7.24. The molecule has 0 radical (unpaired) electrons. The normalized spacial score (nSPS) is 13.1. The Morgan fingerprint density at radius 1 is 0.357 bits per heavy atom. The Balaban J connectivity index is 1.12. The zero-order valence-corrected chi connectivity index (χ0v) is 29.6. The van der Waals surface area contributed by atoms with E-state index in [1.54, 1.807) is 12.1 Å². The monoisotopic (exact) mass is 723 g/mol. The molecule has 3 heterocycles. The summed E-state index contributed by atoms with van der Waals surface area (Å²) >= 11 is 0. The Morgan fingerprint density at radius 3 is 1.55 bits per heavy atom. The summed E-state index contributed by atoms with van der Waals surface area (Å²) < 4.78 is 67.9. The molecule has 0 aliphatic rings. The lowest BCUT2D eigenvalue weighted by Gasteiger charge is -2.10. The Kier molecular flexibility index (Phi) is 6.10. The number of aromatic nitrogens is 3. The molecular weight excluding hydrogens is 687 g/mol. The number of fused-ring (bicyclic) bond motifs is 6. The fourth-order valence-electron chi connectivity index (χ4n) is 7.24. The lowest BCUT2D eigenvalue weighted by molar-refractivity contribution is 0.668. The van der Waals surface area contributed by atoms with Crippen LogP contribution in [0, 0.1) is 0 Å². The molecule has 5 nitrogen and oxygen atoms in total. The van der Waals surface area contributed by atoms with E-state index in [-0.39, 0.29) is 75.1 Å². The van der Waals surface area contributed by atoms with Crippen molar-refractivity contribution in [2.75, 3.05) is 0 Å². The number of hydrogen-bond donors (Lipinski definition) is 0.